The molecule has 2 aromatic heterocycles. The molecule has 0 unspecified atom stereocenters. The minimum Gasteiger partial charge on any atom is -0.365 e. The van der Waals surface area contributed by atoms with Crippen molar-refractivity contribution < 1.29 is 4.79 Å². The molecule has 0 saturated carbocycles. The topological polar surface area (TPSA) is 87.4 Å². The minimum atomic E-state index is -0.411. The van der Waals surface area contributed by atoms with Crippen molar-refractivity contribution >= 4 is 33.3 Å². The summed E-state index contributed by atoms with van der Waals surface area (Å²) in [4.78, 5) is 25.3. The lowest BCUT2D eigenvalue weighted by Crippen LogP contribution is -2.48. The zero-order valence-corrected chi connectivity index (χ0v) is 13.4. The molecule has 1 amide bonds. The van der Waals surface area contributed by atoms with Crippen molar-refractivity contribution in [2.24, 2.45) is 5.73 Å². The van der Waals surface area contributed by atoms with Crippen LogP contribution in [0.1, 0.15) is 9.67 Å². The van der Waals surface area contributed by atoms with Crippen LogP contribution in [-0.4, -0.2) is 67.1 Å². The molecule has 0 atom stereocenters. The number of rotatable bonds is 5. The standard InChI is InChI=1S/C14H20N6OS/c1-16-2-3-19-4-6-20(7-5-19)14-12-10(17-9-18-14)8-11(22-12)13(15)21/h8-9,16H,2-7H2,1H3,(H2,15,21). The monoisotopic (exact) mass is 320 g/mol. The van der Waals surface area contributed by atoms with E-state index in [-0.39, 0.29) is 0 Å². The number of amides is 1. The SMILES string of the molecule is CNCCN1CCN(c2ncnc3cc(C(N)=O)sc23)CC1. The quantitative estimate of drug-likeness (QED) is 0.814. The van der Waals surface area contributed by atoms with Crippen LogP contribution in [-0.2, 0) is 0 Å². The Morgan fingerprint density at radius 3 is 2.82 bits per heavy atom. The molecule has 22 heavy (non-hydrogen) atoms. The van der Waals surface area contributed by atoms with Crippen LogP contribution < -0.4 is 16.0 Å². The summed E-state index contributed by atoms with van der Waals surface area (Å²) in [5.74, 6) is 0.501. The van der Waals surface area contributed by atoms with Gasteiger partial charge in [-0.3, -0.25) is 9.69 Å². The highest BCUT2D eigenvalue weighted by Gasteiger charge is 2.21. The second-order valence-corrected chi connectivity index (χ2v) is 6.37. The van der Waals surface area contributed by atoms with Crippen molar-refractivity contribution in [2.45, 2.75) is 0 Å². The number of hydrogen-bond donors (Lipinski definition) is 2. The van der Waals surface area contributed by atoms with Gasteiger partial charge in [0.2, 0.25) is 0 Å². The van der Waals surface area contributed by atoms with Crippen LogP contribution in [0.4, 0.5) is 5.82 Å². The first-order valence-corrected chi connectivity index (χ1v) is 8.17. The molecule has 0 spiro atoms. The van der Waals surface area contributed by atoms with Crippen LogP contribution in [0.3, 0.4) is 0 Å². The number of anilines is 1. The van der Waals surface area contributed by atoms with Gasteiger partial charge in [-0.2, -0.15) is 0 Å². The Morgan fingerprint density at radius 2 is 2.14 bits per heavy atom. The van der Waals surface area contributed by atoms with Crippen LogP contribution in [0.15, 0.2) is 12.4 Å². The molecule has 0 bridgehead atoms. The Labute approximate surface area is 133 Å². The van der Waals surface area contributed by atoms with E-state index >= 15 is 0 Å². The van der Waals surface area contributed by atoms with E-state index in [1.54, 1.807) is 12.4 Å². The summed E-state index contributed by atoms with van der Waals surface area (Å²) < 4.78 is 0.944. The Balaban J connectivity index is 1.78. The fraction of sp³-hybridized carbons (Fsp3) is 0.500. The molecule has 3 rings (SSSR count). The van der Waals surface area contributed by atoms with Gasteiger partial charge < -0.3 is 16.0 Å². The average molecular weight is 320 g/mol. The van der Waals surface area contributed by atoms with Gasteiger partial charge in [-0.1, -0.05) is 0 Å². The van der Waals surface area contributed by atoms with E-state index in [1.165, 1.54) is 11.3 Å². The van der Waals surface area contributed by atoms with E-state index in [1.807, 2.05) is 7.05 Å². The lowest BCUT2D eigenvalue weighted by molar-refractivity contribution is 0.100. The third-order valence-corrected chi connectivity index (χ3v) is 5.02. The van der Waals surface area contributed by atoms with Gasteiger partial charge in [-0.05, 0) is 13.1 Å². The molecular formula is C14H20N6OS. The average Bonchev–Trinajstić information content (AvgIpc) is 2.98. The van der Waals surface area contributed by atoms with Gasteiger partial charge in [0.15, 0.2) is 0 Å². The zero-order valence-electron chi connectivity index (χ0n) is 12.6. The number of fused-ring (bicyclic) bond motifs is 1. The largest absolute Gasteiger partial charge is 0.365 e. The number of hydrogen-bond acceptors (Lipinski definition) is 7. The Bertz CT molecular complexity index is 664. The maximum Gasteiger partial charge on any atom is 0.258 e. The van der Waals surface area contributed by atoms with E-state index in [4.69, 9.17) is 5.73 Å². The number of thiophene rings is 1. The van der Waals surface area contributed by atoms with Crippen LogP contribution in [0.2, 0.25) is 0 Å². The van der Waals surface area contributed by atoms with E-state index in [0.29, 0.717) is 4.88 Å². The summed E-state index contributed by atoms with van der Waals surface area (Å²) >= 11 is 1.38. The van der Waals surface area contributed by atoms with Crippen LogP contribution in [0.25, 0.3) is 10.2 Å². The third-order valence-electron chi connectivity index (χ3n) is 3.89. The van der Waals surface area contributed by atoms with E-state index in [2.05, 4.69) is 25.1 Å². The van der Waals surface area contributed by atoms with Gasteiger partial charge in [0.25, 0.3) is 5.91 Å². The molecule has 1 fully saturated rings. The van der Waals surface area contributed by atoms with Crippen molar-refractivity contribution in [1.82, 2.24) is 20.2 Å². The molecule has 2 aromatic rings. The molecule has 8 heteroatoms. The maximum atomic E-state index is 11.4. The highest BCUT2D eigenvalue weighted by atomic mass is 32.1. The fourth-order valence-electron chi connectivity index (χ4n) is 2.64. The molecule has 1 aliphatic rings. The smallest absolute Gasteiger partial charge is 0.258 e. The minimum absolute atomic E-state index is 0.411. The molecule has 0 radical (unpaired) electrons. The van der Waals surface area contributed by atoms with Crippen LogP contribution >= 0.6 is 11.3 Å². The number of nitrogens with one attached hydrogen (secondary N) is 1. The number of carbonyl (C=O) groups excluding carboxylic acids is 1. The van der Waals surface area contributed by atoms with E-state index in [9.17, 15) is 4.79 Å². The zero-order chi connectivity index (χ0) is 15.5. The summed E-state index contributed by atoms with van der Waals surface area (Å²) in [5, 5.41) is 3.18. The predicted octanol–water partition coefficient (Wildman–Crippen LogP) is 0.132. The fourth-order valence-corrected chi connectivity index (χ4v) is 3.62. The highest BCUT2D eigenvalue weighted by Crippen LogP contribution is 2.31. The Hall–Kier alpha value is -1.77. The first-order valence-electron chi connectivity index (χ1n) is 7.35. The number of carbonyl (C=O) groups is 1. The highest BCUT2D eigenvalue weighted by molar-refractivity contribution is 7.21. The normalized spacial score (nSPS) is 16.3. The summed E-state index contributed by atoms with van der Waals surface area (Å²) in [7, 11) is 1.97. The number of piperazine rings is 1. The third kappa shape index (κ3) is 3.03. The van der Waals surface area contributed by atoms with Crippen molar-refractivity contribution in [3.63, 3.8) is 0 Å². The van der Waals surface area contributed by atoms with Gasteiger partial charge in [-0.25, -0.2) is 9.97 Å². The van der Waals surface area contributed by atoms with Gasteiger partial charge >= 0.3 is 0 Å². The summed E-state index contributed by atoms with van der Waals surface area (Å²) in [6.07, 6.45) is 1.56. The molecular weight excluding hydrogens is 300 g/mol. The van der Waals surface area contributed by atoms with Gasteiger partial charge in [0.05, 0.1) is 15.1 Å². The molecule has 0 aromatic carbocycles. The first-order chi connectivity index (χ1) is 10.7. The molecule has 3 heterocycles. The number of nitrogens with zero attached hydrogens (tertiary/aromatic N) is 4. The van der Waals surface area contributed by atoms with Gasteiger partial charge in [-0.15, -0.1) is 11.3 Å². The molecule has 3 N–H and O–H groups in total. The van der Waals surface area contributed by atoms with Crippen LogP contribution in [0.5, 0.6) is 0 Å². The molecule has 0 aliphatic carbocycles. The molecule has 7 nitrogen and oxygen atoms in total. The van der Waals surface area contributed by atoms with Crippen molar-refractivity contribution in [3.8, 4) is 0 Å². The van der Waals surface area contributed by atoms with Gasteiger partial charge in [0, 0.05) is 39.3 Å². The second-order valence-electron chi connectivity index (χ2n) is 5.32. The number of primary amides is 1. The van der Waals surface area contributed by atoms with Crippen LogP contribution in [0, 0.1) is 0 Å². The molecule has 1 aliphatic heterocycles. The number of likely N-dealkylation sites (N-methyl/N-ethyl adjacent to an activating group) is 1. The lowest BCUT2D eigenvalue weighted by Gasteiger charge is -2.35. The summed E-state index contributed by atoms with van der Waals surface area (Å²) in [6.45, 7) is 5.96. The van der Waals surface area contributed by atoms with E-state index < -0.39 is 5.91 Å². The lowest BCUT2D eigenvalue weighted by atomic mass is 10.3. The Morgan fingerprint density at radius 1 is 1.36 bits per heavy atom. The van der Waals surface area contributed by atoms with Crippen molar-refractivity contribution in [3.05, 3.63) is 17.3 Å². The van der Waals surface area contributed by atoms with Gasteiger partial charge in [0.1, 0.15) is 12.1 Å². The number of aromatic nitrogens is 2. The first kappa shape index (κ1) is 15.1. The summed E-state index contributed by atoms with van der Waals surface area (Å²) in [6, 6.07) is 1.75. The predicted molar refractivity (Wildman–Crippen MR) is 88.5 cm³/mol. The maximum absolute atomic E-state index is 11.4. The second kappa shape index (κ2) is 6.55. The Kier molecular flexibility index (Phi) is 4.51. The van der Waals surface area contributed by atoms with Crippen molar-refractivity contribution in [1.29, 1.82) is 0 Å². The summed E-state index contributed by atoms with van der Waals surface area (Å²) in [5.41, 5.74) is 6.16. The number of nitrogens with two attached hydrogens (primary N) is 1. The molecule has 1 saturated heterocycles. The van der Waals surface area contributed by atoms with Crippen molar-refractivity contribution in [2.75, 3.05) is 51.2 Å². The van der Waals surface area contributed by atoms with E-state index in [0.717, 1.165) is 55.3 Å². The molecule has 118 valence electrons.